The van der Waals surface area contributed by atoms with Crippen LogP contribution in [0, 0.1) is 0 Å². The van der Waals surface area contributed by atoms with Crippen LogP contribution in [0.3, 0.4) is 0 Å². The number of hydrogen-bond donors (Lipinski definition) is 0. The SMILES string of the molecule is c1ccc2c(c1)cc(-c1cc(-c3cc4ccccc4c4ccccc34)nc(-c3cncnc3)n1)c1ccccc12. The number of rotatable bonds is 3. The molecule has 0 radical (unpaired) electrons. The molecule has 40 heavy (non-hydrogen) atoms. The summed E-state index contributed by atoms with van der Waals surface area (Å²) in [5, 5.41) is 9.54. The zero-order valence-corrected chi connectivity index (χ0v) is 21.5. The molecular formula is C36H22N4. The van der Waals surface area contributed by atoms with E-state index in [1.807, 2.05) is 0 Å². The maximum Gasteiger partial charge on any atom is 0.163 e. The Kier molecular flexibility index (Phi) is 5.10. The van der Waals surface area contributed by atoms with Crippen molar-refractivity contribution in [2.45, 2.75) is 0 Å². The summed E-state index contributed by atoms with van der Waals surface area (Å²) >= 11 is 0. The first-order valence-corrected chi connectivity index (χ1v) is 13.3. The van der Waals surface area contributed by atoms with E-state index in [-0.39, 0.29) is 0 Å². The normalized spacial score (nSPS) is 11.5. The first-order valence-electron chi connectivity index (χ1n) is 13.3. The minimum Gasteiger partial charge on any atom is -0.244 e. The largest absolute Gasteiger partial charge is 0.244 e. The van der Waals surface area contributed by atoms with Crippen LogP contribution in [-0.4, -0.2) is 19.9 Å². The Bertz CT molecular complexity index is 2080. The highest BCUT2D eigenvalue weighted by Crippen LogP contribution is 2.39. The Morgan fingerprint density at radius 2 is 0.825 bits per heavy atom. The van der Waals surface area contributed by atoms with E-state index in [1.165, 1.54) is 38.6 Å². The molecule has 186 valence electrons. The predicted molar refractivity (Wildman–Crippen MR) is 164 cm³/mol. The summed E-state index contributed by atoms with van der Waals surface area (Å²) in [4.78, 5) is 18.7. The van der Waals surface area contributed by atoms with Crippen LogP contribution in [0.5, 0.6) is 0 Å². The summed E-state index contributed by atoms with van der Waals surface area (Å²) < 4.78 is 0. The highest BCUT2D eigenvalue weighted by molar-refractivity contribution is 6.15. The number of hydrogen-bond acceptors (Lipinski definition) is 4. The van der Waals surface area contributed by atoms with Crippen molar-refractivity contribution in [1.82, 2.24) is 19.9 Å². The molecule has 0 bridgehead atoms. The number of fused-ring (bicyclic) bond motifs is 6. The average molecular weight is 511 g/mol. The second-order valence-corrected chi connectivity index (χ2v) is 9.97. The Hall–Kier alpha value is -5.48. The summed E-state index contributed by atoms with van der Waals surface area (Å²) in [5.74, 6) is 0.600. The summed E-state index contributed by atoms with van der Waals surface area (Å²) in [6.07, 6.45) is 5.07. The van der Waals surface area contributed by atoms with Gasteiger partial charge < -0.3 is 0 Å². The molecule has 0 aliphatic heterocycles. The molecule has 0 unspecified atom stereocenters. The highest BCUT2D eigenvalue weighted by Gasteiger charge is 2.17. The van der Waals surface area contributed by atoms with Crippen molar-refractivity contribution in [1.29, 1.82) is 0 Å². The summed E-state index contributed by atoms with van der Waals surface area (Å²) in [7, 11) is 0. The molecule has 6 aromatic carbocycles. The second-order valence-electron chi connectivity index (χ2n) is 9.97. The molecule has 0 fully saturated rings. The summed E-state index contributed by atoms with van der Waals surface area (Å²) in [6.45, 7) is 0. The number of benzene rings is 6. The van der Waals surface area contributed by atoms with Gasteiger partial charge in [-0.15, -0.1) is 0 Å². The smallest absolute Gasteiger partial charge is 0.163 e. The van der Waals surface area contributed by atoms with Gasteiger partial charge in [0, 0.05) is 23.5 Å². The van der Waals surface area contributed by atoms with Gasteiger partial charge in [0.25, 0.3) is 0 Å². The van der Waals surface area contributed by atoms with Crippen LogP contribution in [0.2, 0.25) is 0 Å². The van der Waals surface area contributed by atoms with E-state index in [2.05, 4.69) is 125 Å². The van der Waals surface area contributed by atoms with Crippen molar-refractivity contribution in [2.24, 2.45) is 0 Å². The molecule has 0 atom stereocenters. The van der Waals surface area contributed by atoms with Gasteiger partial charge in [0.1, 0.15) is 6.33 Å². The molecule has 0 aliphatic carbocycles. The van der Waals surface area contributed by atoms with Crippen molar-refractivity contribution in [3.8, 4) is 33.9 Å². The van der Waals surface area contributed by atoms with Crippen LogP contribution in [0.15, 0.2) is 134 Å². The summed E-state index contributed by atoms with van der Waals surface area (Å²) in [6, 6.07) is 40.7. The van der Waals surface area contributed by atoms with Crippen molar-refractivity contribution in [2.75, 3.05) is 0 Å². The van der Waals surface area contributed by atoms with Gasteiger partial charge in [0.2, 0.25) is 0 Å². The fraction of sp³-hybridized carbons (Fsp3) is 0. The number of aromatic nitrogens is 4. The minimum absolute atomic E-state index is 0.600. The fourth-order valence-corrected chi connectivity index (χ4v) is 5.80. The standard InChI is InChI=1S/C36H22N4/c1-3-11-26-23(9-1)17-32(30-15-7-5-13-28(26)30)34-19-35(40-36(39-34)25-20-37-22-38-21-25)33-18-24-10-2-4-12-27(24)29-14-6-8-16-31(29)33/h1-22H. The van der Waals surface area contributed by atoms with E-state index in [0.29, 0.717) is 5.82 Å². The maximum absolute atomic E-state index is 5.11. The third-order valence-electron chi connectivity index (χ3n) is 7.63. The monoisotopic (exact) mass is 510 g/mol. The molecule has 4 heteroatoms. The molecule has 0 aliphatic rings. The van der Waals surface area contributed by atoms with Crippen LogP contribution < -0.4 is 0 Å². The van der Waals surface area contributed by atoms with Gasteiger partial charge in [0.15, 0.2) is 5.82 Å². The van der Waals surface area contributed by atoms with Gasteiger partial charge in [-0.3, -0.25) is 0 Å². The van der Waals surface area contributed by atoms with Crippen LogP contribution >= 0.6 is 0 Å². The van der Waals surface area contributed by atoms with E-state index >= 15 is 0 Å². The van der Waals surface area contributed by atoms with Crippen LogP contribution in [0.4, 0.5) is 0 Å². The third kappa shape index (κ3) is 3.62. The van der Waals surface area contributed by atoms with E-state index in [9.17, 15) is 0 Å². The third-order valence-corrected chi connectivity index (χ3v) is 7.63. The molecular weight excluding hydrogens is 488 g/mol. The quantitative estimate of drug-likeness (QED) is 0.223. The Morgan fingerprint density at radius 3 is 1.32 bits per heavy atom. The molecule has 4 nitrogen and oxygen atoms in total. The van der Waals surface area contributed by atoms with Crippen LogP contribution in [0.1, 0.15) is 0 Å². The molecule has 0 saturated carbocycles. The van der Waals surface area contributed by atoms with Crippen molar-refractivity contribution >= 4 is 43.1 Å². The van der Waals surface area contributed by atoms with Gasteiger partial charge in [-0.2, -0.15) is 0 Å². The van der Waals surface area contributed by atoms with Crippen molar-refractivity contribution in [3.63, 3.8) is 0 Å². The van der Waals surface area contributed by atoms with Gasteiger partial charge in [-0.25, -0.2) is 19.9 Å². The molecule has 0 saturated heterocycles. The van der Waals surface area contributed by atoms with E-state index in [4.69, 9.17) is 9.97 Å². The molecule has 0 amide bonds. The van der Waals surface area contributed by atoms with Gasteiger partial charge >= 0.3 is 0 Å². The molecule has 2 aromatic heterocycles. The lowest BCUT2D eigenvalue weighted by Gasteiger charge is -2.15. The van der Waals surface area contributed by atoms with Crippen LogP contribution in [0.25, 0.3) is 77.0 Å². The molecule has 0 N–H and O–H groups in total. The van der Waals surface area contributed by atoms with E-state index in [0.717, 1.165) is 38.9 Å². The molecule has 8 rings (SSSR count). The van der Waals surface area contributed by atoms with Crippen molar-refractivity contribution < 1.29 is 0 Å². The maximum atomic E-state index is 5.11. The summed E-state index contributed by atoms with van der Waals surface area (Å²) in [5.41, 5.74) is 4.65. The number of nitrogens with zero attached hydrogens (tertiary/aromatic N) is 4. The van der Waals surface area contributed by atoms with E-state index in [1.54, 1.807) is 12.4 Å². The second kappa shape index (κ2) is 9.07. The molecule has 0 spiro atoms. The predicted octanol–water partition coefficient (Wildman–Crippen LogP) is 8.88. The molecule has 2 heterocycles. The lowest BCUT2D eigenvalue weighted by molar-refractivity contribution is 1.13. The average Bonchev–Trinajstić information content (AvgIpc) is 3.04. The van der Waals surface area contributed by atoms with Crippen LogP contribution in [-0.2, 0) is 0 Å². The topological polar surface area (TPSA) is 51.6 Å². The lowest BCUT2D eigenvalue weighted by atomic mass is 9.93. The zero-order valence-electron chi connectivity index (χ0n) is 21.5. The molecule has 8 aromatic rings. The Balaban J connectivity index is 1.47. The lowest BCUT2D eigenvalue weighted by Crippen LogP contribution is -1.98. The van der Waals surface area contributed by atoms with Crippen molar-refractivity contribution in [3.05, 3.63) is 134 Å². The van der Waals surface area contributed by atoms with Gasteiger partial charge in [-0.1, -0.05) is 97.1 Å². The van der Waals surface area contributed by atoms with Gasteiger partial charge in [-0.05, 0) is 61.3 Å². The minimum atomic E-state index is 0.600. The zero-order chi connectivity index (χ0) is 26.5. The first kappa shape index (κ1) is 22.5. The Morgan fingerprint density at radius 1 is 0.400 bits per heavy atom. The fourth-order valence-electron chi connectivity index (χ4n) is 5.80. The van der Waals surface area contributed by atoms with E-state index < -0.39 is 0 Å². The van der Waals surface area contributed by atoms with Gasteiger partial charge in [0.05, 0.1) is 17.0 Å². The Labute approximate surface area is 230 Å². The highest BCUT2D eigenvalue weighted by atomic mass is 14.9. The first-order chi connectivity index (χ1) is 19.8.